The van der Waals surface area contributed by atoms with E-state index in [1.807, 2.05) is 7.11 Å². The smallest absolute Gasteiger partial charge is 0.0849 e. The lowest BCUT2D eigenvalue weighted by molar-refractivity contribution is 0.0536. The highest BCUT2D eigenvalue weighted by Gasteiger charge is 2.25. The molecule has 0 saturated heterocycles. The van der Waals surface area contributed by atoms with Gasteiger partial charge in [-0.1, -0.05) is 43.2 Å². The van der Waals surface area contributed by atoms with Gasteiger partial charge in [-0.05, 0) is 24.3 Å². The number of hydrogen-bond acceptors (Lipinski definition) is 1. The molecule has 0 aliphatic heterocycles. The van der Waals surface area contributed by atoms with E-state index in [0.717, 1.165) is 5.92 Å². The van der Waals surface area contributed by atoms with E-state index >= 15 is 0 Å². The maximum Gasteiger partial charge on any atom is 0.0849 e. The van der Waals surface area contributed by atoms with E-state index in [2.05, 4.69) is 30.3 Å². The van der Waals surface area contributed by atoms with Crippen molar-refractivity contribution in [2.75, 3.05) is 7.11 Å². The number of hydrogen-bond donors (Lipinski definition) is 0. The van der Waals surface area contributed by atoms with Crippen LogP contribution in [0.4, 0.5) is 0 Å². The molecule has 0 bridgehead atoms. The normalized spacial score (nSPS) is 19.8. The molecular formula is C13H18O. The molecule has 1 heteroatoms. The molecule has 1 aliphatic rings. The second-order valence-corrected chi connectivity index (χ2v) is 4.11. The monoisotopic (exact) mass is 190 g/mol. The van der Waals surface area contributed by atoms with Gasteiger partial charge in [-0.3, -0.25) is 0 Å². The van der Waals surface area contributed by atoms with Gasteiger partial charge in [0.25, 0.3) is 0 Å². The minimum Gasteiger partial charge on any atom is -0.376 e. The lowest BCUT2D eigenvalue weighted by Crippen LogP contribution is -2.11. The van der Waals surface area contributed by atoms with Gasteiger partial charge in [0.1, 0.15) is 0 Å². The van der Waals surface area contributed by atoms with E-state index in [1.165, 1.54) is 31.2 Å². The Bertz CT molecular complexity index is 262. The molecule has 14 heavy (non-hydrogen) atoms. The molecule has 1 atom stereocenters. The maximum atomic E-state index is 5.62. The van der Waals surface area contributed by atoms with Gasteiger partial charge in [0, 0.05) is 7.11 Å². The minimum absolute atomic E-state index is 0.318. The van der Waals surface area contributed by atoms with E-state index in [9.17, 15) is 0 Å². The summed E-state index contributed by atoms with van der Waals surface area (Å²) in [6, 6.07) is 10.6. The second-order valence-electron chi connectivity index (χ2n) is 4.11. The highest BCUT2D eigenvalue weighted by molar-refractivity contribution is 5.18. The van der Waals surface area contributed by atoms with Crippen molar-refractivity contribution < 1.29 is 4.74 Å². The van der Waals surface area contributed by atoms with Crippen LogP contribution in [0, 0.1) is 5.92 Å². The van der Waals surface area contributed by atoms with Crippen LogP contribution in [0.2, 0.25) is 0 Å². The molecule has 1 aliphatic carbocycles. The van der Waals surface area contributed by atoms with Crippen molar-refractivity contribution in [3.8, 4) is 0 Å². The predicted molar refractivity (Wildman–Crippen MR) is 58.2 cm³/mol. The van der Waals surface area contributed by atoms with Crippen molar-refractivity contribution in [3.05, 3.63) is 35.9 Å². The fraction of sp³-hybridized carbons (Fsp3) is 0.538. The molecule has 1 aromatic carbocycles. The number of ether oxygens (including phenoxy) is 1. The molecule has 1 aromatic rings. The lowest BCUT2D eigenvalue weighted by Gasteiger charge is -2.22. The predicted octanol–water partition coefficient (Wildman–Crippen LogP) is 3.56. The molecular weight excluding hydrogens is 172 g/mol. The van der Waals surface area contributed by atoms with Gasteiger partial charge < -0.3 is 4.74 Å². The first-order chi connectivity index (χ1) is 6.92. The van der Waals surface area contributed by atoms with E-state index in [0.29, 0.717) is 6.10 Å². The van der Waals surface area contributed by atoms with Crippen molar-refractivity contribution in [1.82, 2.24) is 0 Å². The molecule has 0 aromatic heterocycles. The van der Waals surface area contributed by atoms with Gasteiger partial charge in [0.2, 0.25) is 0 Å². The largest absolute Gasteiger partial charge is 0.376 e. The van der Waals surface area contributed by atoms with Crippen LogP contribution in [0.1, 0.15) is 37.4 Å². The van der Waals surface area contributed by atoms with E-state index < -0.39 is 0 Å². The van der Waals surface area contributed by atoms with Gasteiger partial charge in [-0.25, -0.2) is 0 Å². The van der Waals surface area contributed by atoms with Gasteiger partial charge in [-0.15, -0.1) is 0 Å². The van der Waals surface area contributed by atoms with Crippen molar-refractivity contribution in [1.29, 1.82) is 0 Å². The molecule has 1 nitrogen and oxygen atoms in total. The highest BCUT2D eigenvalue weighted by atomic mass is 16.5. The summed E-state index contributed by atoms with van der Waals surface area (Å²) in [5.41, 5.74) is 1.34. The van der Waals surface area contributed by atoms with Crippen LogP contribution >= 0.6 is 0 Å². The topological polar surface area (TPSA) is 9.23 Å². The van der Waals surface area contributed by atoms with Crippen molar-refractivity contribution in [3.63, 3.8) is 0 Å². The molecule has 76 valence electrons. The van der Waals surface area contributed by atoms with Crippen LogP contribution in [-0.4, -0.2) is 7.11 Å². The summed E-state index contributed by atoms with van der Waals surface area (Å²) in [5.74, 6) is 0.738. The molecule has 1 fully saturated rings. The lowest BCUT2D eigenvalue weighted by atomic mass is 9.94. The fourth-order valence-electron chi connectivity index (χ4n) is 2.50. The van der Waals surface area contributed by atoms with Crippen LogP contribution in [0.25, 0.3) is 0 Å². The van der Waals surface area contributed by atoms with Gasteiger partial charge in [0.05, 0.1) is 6.10 Å². The summed E-state index contributed by atoms with van der Waals surface area (Å²) in [4.78, 5) is 0. The quantitative estimate of drug-likeness (QED) is 0.708. The zero-order valence-corrected chi connectivity index (χ0v) is 8.78. The molecule has 2 rings (SSSR count). The summed E-state index contributed by atoms with van der Waals surface area (Å²) in [7, 11) is 1.83. The number of rotatable bonds is 3. The van der Waals surface area contributed by atoms with Crippen molar-refractivity contribution in [2.24, 2.45) is 5.92 Å². The molecule has 0 spiro atoms. The van der Waals surface area contributed by atoms with E-state index in [1.54, 1.807) is 0 Å². The summed E-state index contributed by atoms with van der Waals surface area (Å²) >= 11 is 0. The van der Waals surface area contributed by atoms with Crippen LogP contribution in [0.15, 0.2) is 30.3 Å². The molecule has 1 unspecified atom stereocenters. The maximum absolute atomic E-state index is 5.62. The average Bonchev–Trinajstić information content (AvgIpc) is 2.74. The molecule has 1 saturated carbocycles. The Morgan fingerprint density at radius 3 is 2.36 bits per heavy atom. The Balaban J connectivity index is 2.12. The van der Waals surface area contributed by atoms with Gasteiger partial charge >= 0.3 is 0 Å². The third-order valence-corrected chi connectivity index (χ3v) is 3.21. The average molecular weight is 190 g/mol. The summed E-state index contributed by atoms with van der Waals surface area (Å²) in [6.45, 7) is 0. The summed E-state index contributed by atoms with van der Waals surface area (Å²) in [5, 5.41) is 0. The van der Waals surface area contributed by atoms with Crippen LogP contribution < -0.4 is 0 Å². The summed E-state index contributed by atoms with van der Waals surface area (Å²) in [6.07, 6.45) is 5.72. The third-order valence-electron chi connectivity index (χ3n) is 3.21. The first-order valence-corrected chi connectivity index (χ1v) is 5.49. The third kappa shape index (κ3) is 1.98. The van der Waals surface area contributed by atoms with Crippen molar-refractivity contribution in [2.45, 2.75) is 31.8 Å². The van der Waals surface area contributed by atoms with Crippen LogP contribution in [-0.2, 0) is 4.74 Å². The van der Waals surface area contributed by atoms with Gasteiger partial charge in [-0.2, -0.15) is 0 Å². The fourth-order valence-corrected chi connectivity index (χ4v) is 2.50. The standard InChI is InChI=1S/C13H18O/c1-14-13(12-9-5-6-10-12)11-7-3-2-4-8-11/h2-4,7-8,12-13H,5-6,9-10H2,1H3. The van der Waals surface area contributed by atoms with E-state index in [-0.39, 0.29) is 0 Å². The molecule has 0 heterocycles. The summed E-state index contributed by atoms with van der Waals surface area (Å²) < 4.78 is 5.62. The van der Waals surface area contributed by atoms with E-state index in [4.69, 9.17) is 4.74 Å². The SMILES string of the molecule is COC(c1ccccc1)C1CCCC1. The Morgan fingerprint density at radius 1 is 1.14 bits per heavy atom. The Hall–Kier alpha value is -0.820. The van der Waals surface area contributed by atoms with Crippen LogP contribution in [0.3, 0.4) is 0 Å². The molecule has 0 radical (unpaired) electrons. The van der Waals surface area contributed by atoms with Crippen molar-refractivity contribution >= 4 is 0 Å². The highest BCUT2D eigenvalue weighted by Crippen LogP contribution is 2.37. The number of benzene rings is 1. The molecule has 0 amide bonds. The Labute approximate surface area is 86.1 Å². The first kappa shape index (κ1) is 9.72. The Kier molecular flexibility index (Phi) is 3.20. The molecule has 0 N–H and O–H groups in total. The van der Waals surface area contributed by atoms with Gasteiger partial charge in [0.15, 0.2) is 0 Å². The first-order valence-electron chi connectivity index (χ1n) is 5.49. The zero-order valence-electron chi connectivity index (χ0n) is 8.78. The Morgan fingerprint density at radius 2 is 1.79 bits per heavy atom. The number of methoxy groups -OCH3 is 1. The zero-order chi connectivity index (χ0) is 9.80. The van der Waals surface area contributed by atoms with Crippen LogP contribution in [0.5, 0.6) is 0 Å². The minimum atomic E-state index is 0.318. The second kappa shape index (κ2) is 4.61.